The molecule has 0 aliphatic rings. The Labute approximate surface area is 182 Å². The van der Waals surface area contributed by atoms with Gasteiger partial charge in [0, 0.05) is 31.2 Å². The number of thioether (sulfide) groups is 1. The van der Waals surface area contributed by atoms with E-state index in [2.05, 4.69) is 5.32 Å². The predicted molar refractivity (Wildman–Crippen MR) is 122 cm³/mol. The maximum Gasteiger partial charge on any atom is 0.278 e. The van der Waals surface area contributed by atoms with Crippen molar-refractivity contribution >= 4 is 45.3 Å². The molecule has 9 heteroatoms. The highest BCUT2D eigenvalue weighted by atomic mass is 32.2. The number of aryl methyl sites for hydroxylation is 1. The summed E-state index contributed by atoms with van der Waals surface area (Å²) >= 11 is 1.21. The minimum atomic E-state index is -0.202. The molecule has 1 amide bonds. The van der Waals surface area contributed by atoms with Gasteiger partial charge in [-0.3, -0.25) is 14.2 Å². The highest BCUT2D eigenvalue weighted by molar-refractivity contribution is 7.99. The van der Waals surface area contributed by atoms with Crippen LogP contribution in [0.3, 0.4) is 0 Å². The normalized spacial score (nSPS) is 11.1. The molecule has 4 aromatic rings. The minimum Gasteiger partial charge on any atom is -0.497 e. The van der Waals surface area contributed by atoms with Crippen molar-refractivity contribution in [3.63, 3.8) is 0 Å². The van der Waals surface area contributed by atoms with Crippen molar-refractivity contribution in [1.82, 2.24) is 14.1 Å². The number of rotatable bonds is 6. The molecule has 0 aliphatic heterocycles. The Bertz CT molecular complexity index is 1360. The predicted octanol–water partition coefficient (Wildman–Crippen LogP) is 3.17. The second-order valence-corrected chi connectivity index (χ2v) is 7.91. The smallest absolute Gasteiger partial charge is 0.278 e. The van der Waals surface area contributed by atoms with Gasteiger partial charge in [-0.1, -0.05) is 17.8 Å². The molecule has 1 N–H and O–H groups in total. The number of methoxy groups -OCH3 is 2. The van der Waals surface area contributed by atoms with Crippen molar-refractivity contribution in [2.75, 3.05) is 25.3 Å². The van der Waals surface area contributed by atoms with Crippen LogP contribution in [0.15, 0.2) is 52.4 Å². The van der Waals surface area contributed by atoms with Gasteiger partial charge in [-0.25, -0.2) is 4.98 Å². The number of amides is 1. The van der Waals surface area contributed by atoms with E-state index in [1.165, 1.54) is 16.3 Å². The average Bonchev–Trinajstić information content (AvgIpc) is 3.06. The second-order valence-electron chi connectivity index (χ2n) is 6.97. The number of nitrogens with zero attached hydrogens (tertiary/aromatic N) is 3. The van der Waals surface area contributed by atoms with E-state index >= 15 is 0 Å². The van der Waals surface area contributed by atoms with E-state index in [0.29, 0.717) is 33.4 Å². The lowest BCUT2D eigenvalue weighted by Gasteiger charge is -2.09. The number of fused-ring (bicyclic) bond motifs is 3. The fourth-order valence-electron chi connectivity index (χ4n) is 3.46. The maximum atomic E-state index is 13.0. The molecule has 0 unspecified atom stereocenters. The summed E-state index contributed by atoms with van der Waals surface area (Å²) in [6.07, 6.45) is 0. The molecule has 31 heavy (non-hydrogen) atoms. The van der Waals surface area contributed by atoms with Crippen molar-refractivity contribution in [3.05, 3.63) is 52.8 Å². The number of aromatic nitrogens is 3. The standard InChI is InChI=1S/C22H22N4O4S/c1-25-17-9-8-15(30-4)11-16(17)19-20(25)21(28)26(2)22(24-19)31-12-18(27)23-13-6-5-7-14(10-13)29-3/h5-11H,12H2,1-4H3,(H,23,27). The summed E-state index contributed by atoms with van der Waals surface area (Å²) in [5.74, 6) is 1.25. The Morgan fingerprint density at radius 1 is 1.06 bits per heavy atom. The van der Waals surface area contributed by atoms with Gasteiger partial charge in [-0.2, -0.15) is 0 Å². The first-order valence-electron chi connectivity index (χ1n) is 9.52. The zero-order valence-corrected chi connectivity index (χ0v) is 18.4. The van der Waals surface area contributed by atoms with Crippen molar-refractivity contribution in [1.29, 1.82) is 0 Å². The molecule has 0 atom stereocenters. The van der Waals surface area contributed by atoms with Crippen LogP contribution in [0.1, 0.15) is 0 Å². The van der Waals surface area contributed by atoms with Gasteiger partial charge >= 0.3 is 0 Å². The molecule has 0 bridgehead atoms. The number of carbonyl (C=O) groups is 1. The summed E-state index contributed by atoms with van der Waals surface area (Å²) < 4.78 is 13.8. The lowest BCUT2D eigenvalue weighted by molar-refractivity contribution is -0.113. The first-order chi connectivity index (χ1) is 14.9. The Kier molecular flexibility index (Phi) is 5.60. The van der Waals surface area contributed by atoms with Crippen molar-refractivity contribution in [2.45, 2.75) is 5.16 Å². The molecule has 2 aromatic heterocycles. The number of hydrogen-bond donors (Lipinski definition) is 1. The molecule has 0 radical (unpaired) electrons. The summed E-state index contributed by atoms with van der Waals surface area (Å²) in [6, 6.07) is 12.8. The third-order valence-corrected chi connectivity index (χ3v) is 6.10. The van der Waals surface area contributed by atoms with Crippen LogP contribution >= 0.6 is 11.8 Å². The van der Waals surface area contributed by atoms with E-state index in [-0.39, 0.29) is 17.2 Å². The van der Waals surface area contributed by atoms with E-state index in [4.69, 9.17) is 14.5 Å². The van der Waals surface area contributed by atoms with Gasteiger partial charge < -0.3 is 19.4 Å². The maximum absolute atomic E-state index is 13.0. The van der Waals surface area contributed by atoms with Crippen molar-refractivity contribution in [2.24, 2.45) is 14.1 Å². The Hall–Kier alpha value is -3.46. The van der Waals surface area contributed by atoms with Gasteiger partial charge in [0.1, 0.15) is 22.5 Å². The van der Waals surface area contributed by atoms with E-state index in [1.54, 1.807) is 45.5 Å². The summed E-state index contributed by atoms with van der Waals surface area (Å²) in [5.41, 5.74) is 2.46. The average molecular weight is 439 g/mol. The topological polar surface area (TPSA) is 87.4 Å². The number of ether oxygens (including phenoxy) is 2. The molecule has 0 fully saturated rings. The number of nitrogens with one attached hydrogen (secondary N) is 1. The number of hydrogen-bond acceptors (Lipinski definition) is 6. The first kappa shape index (κ1) is 20.8. The quantitative estimate of drug-likeness (QED) is 0.368. The molecule has 0 saturated heterocycles. The highest BCUT2D eigenvalue weighted by Gasteiger charge is 2.18. The molecular weight excluding hydrogens is 416 g/mol. The zero-order valence-electron chi connectivity index (χ0n) is 17.6. The summed E-state index contributed by atoms with van der Waals surface area (Å²) in [5, 5.41) is 4.13. The lowest BCUT2D eigenvalue weighted by Crippen LogP contribution is -2.22. The summed E-state index contributed by atoms with van der Waals surface area (Å²) in [4.78, 5) is 30.2. The molecule has 8 nitrogen and oxygen atoms in total. The molecule has 0 spiro atoms. The van der Waals surface area contributed by atoms with Crippen LogP contribution in [0.2, 0.25) is 0 Å². The third-order valence-electron chi connectivity index (χ3n) is 5.07. The molecule has 0 saturated carbocycles. The summed E-state index contributed by atoms with van der Waals surface area (Å²) in [6.45, 7) is 0. The van der Waals surface area contributed by atoms with Crippen LogP contribution in [0.5, 0.6) is 11.5 Å². The van der Waals surface area contributed by atoms with E-state index < -0.39 is 0 Å². The van der Waals surface area contributed by atoms with E-state index in [0.717, 1.165) is 10.9 Å². The Balaban J connectivity index is 1.64. The molecular formula is C22H22N4O4S. The minimum absolute atomic E-state index is 0.108. The Morgan fingerprint density at radius 3 is 2.55 bits per heavy atom. The van der Waals surface area contributed by atoms with E-state index in [1.807, 2.05) is 29.8 Å². The molecule has 2 aromatic carbocycles. The largest absolute Gasteiger partial charge is 0.497 e. The SMILES string of the molecule is COc1cccc(NC(=O)CSc2nc3c4cc(OC)ccc4n(C)c3c(=O)n2C)c1. The lowest BCUT2D eigenvalue weighted by atomic mass is 10.2. The van der Waals surface area contributed by atoms with Crippen LogP contribution < -0.4 is 20.3 Å². The monoisotopic (exact) mass is 438 g/mol. The zero-order chi connectivity index (χ0) is 22.1. The van der Waals surface area contributed by atoms with E-state index in [9.17, 15) is 9.59 Å². The van der Waals surface area contributed by atoms with Crippen molar-refractivity contribution in [3.8, 4) is 11.5 Å². The van der Waals surface area contributed by atoms with Crippen LogP contribution in [0.25, 0.3) is 21.9 Å². The number of anilines is 1. The molecule has 2 heterocycles. The van der Waals surface area contributed by atoms with Gasteiger partial charge in [-0.05, 0) is 30.3 Å². The molecule has 160 valence electrons. The fraction of sp³-hybridized carbons (Fsp3) is 0.227. The number of carbonyl (C=O) groups excluding carboxylic acids is 1. The van der Waals surface area contributed by atoms with Gasteiger partial charge in [0.15, 0.2) is 5.16 Å². The van der Waals surface area contributed by atoms with Crippen LogP contribution in [-0.2, 0) is 18.9 Å². The Morgan fingerprint density at radius 2 is 1.81 bits per heavy atom. The van der Waals surface area contributed by atoms with Crippen LogP contribution in [-0.4, -0.2) is 40.0 Å². The molecule has 0 aliphatic carbocycles. The van der Waals surface area contributed by atoms with Crippen molar-refractivity contribution < 1.29 is 14.3 Å². The van der Waals surface area contributed by atoms with Crippen LogP contribution in [0, 0.1) is 0 Å². The fourth-order valence-corrected chi connectivity index (χ4v) is 4.23. The summed E-state index contributed by atoms with van der Waals surface area (Å²) in [7, 11) is 6.67. The van der Waals surface area contributed by atoms with Gasteiger partial charge in [0.25, 0.3) is 5.56 Å². The van der Waals surface area contributed by atoms with Gasteiger partial charge in [0.05, 0.1) is 25.5 Å². The second kappa shape index (κ2) is 8.35. The first-order valence-corrected chi connectivity index (χ1v) is 10.5. The van der Waals surface area contributed by atoms with Crippen LogP contribution in [0.4, 0.5) is 5.69 Å². The van der Waals surface area contributed by atoms with Gasteiger partial charge in [-0.15, -0.1) is 0 Å². The van der Waals surface area contributed by atoms with Gasteiger partial charge in [0.2, 0.25) is 5.91 Å². The highest BCUT2D eigenvalue weighted by Crippen LogP contribution is 2.29. The number of benzene rings is 2. The molecule has 4 rings (SSSR count). The third kappa shape index (κ3) is 3.84.